The number of rotatable bonds is 4. The van der Waals surface area contributed by atoms with Gasteiger partial charge in [0.25, 0.3) is 11.8 Å². The highest BCUT2D eigenvalue weighted by molar-refractivity contribution is 7.12. The quantitative estimate of drug-likeness (QED) is 0.803. The zero-order valence-corrected chi connectivity index (χ0v) is 15.5. The molecule has 0 spiro atoms. The number of carbonyl (C=O) groups is 2. The van der Waals surface area contributed by atoms with Crippen LogP contribution in [0.15, 0.2) is 58.5 Å². The normalized spacial score (nSPS) is 22.6. The van der Waals surface area contributed by atoms with E-state index in [0.29, 0.717) is 6.54 Å². The molecule has 1 atom stereocenters. The second-order valence-electron chi connectivity index (χ2n) is 7.02. The Balaban J connectivity index is 1.62. The maximum Gasteiger partial charge on any atom is 0.270 e. The number of hydrogen-bond donors (Lipinski definition) is 0. The van der Waals surface area contributed by atoms with Crippen molar-refractivity contribution in [2.75, 3.05) is 6.54 Å². The van der Waals surface area contributed by atoms with Gasteiger partial charge in [-0.15, -0.1) is 11.3 Å². The van der Waals surface area contributed by atoms with Crippen molar-refractivity contribution in [3.8, 4) is 0 Å². The van der Waals surface area contributed by atoms with Crippen LogP contribution in [-0.4, -0.2) is 35.0 Å². The SMILES string of the molecule is O=C1C=C(CN(C(=O)c2cccs2)C2CCCCC2)C2C=CC=CC2=N1. The number of amides is 2. The molecule has 1 unspecified atom stereocenters. The van der Waals surface area contributed by atoms with Crippen molar-refractivity contribution in [1.82, 2.24) is 4.90 Å². The monoisotopic (exact) mass is 366 g/mol. The van der Waals surface area contributed by atoms with E-state index < -0.39 is 0 Å². The van der Waals surface area contributed by atoms with Crippen molar-refractivity contribution >= 4 is 28.9 Å². The highest BCUT2D eigenvalue weighted by Gasteiger charge is 2.31. The number of nitrogens with zero attached hydrogens (tertiary/aromatic N) is 2. The van der Waals surface area contributed by atoms with Gasteiger partial charge in [0.1, 0.15) is 0 Å². The Kier molecular flexibility index (Phi) is 4.98. The zero-order chi connectivity index (χ0) is 17.9. The molecule has 3 aliphatic rings. The zero-order valence-electron chi connectivity index (χ0n) is 14.6. The lowest BCUT2D eigenvalue weighted by atomic mass is 9.86. The third-order valence-electron chi connectivity index (χ3n) is 5.31. The van der Waals surface area contributed by atoms with Gasteiger partial charge < -0.3 is 4.90 Å². The number of allylic oxidation sites excluding steroid dienone is 4. The fourth-order valence-corrected chi connectivity index (χ4v) is 4.68. The lowest BCUT2D eigenvalue weighted by molar-refractivity contribution is -0.113. The molecule has 2 aliphatic carbocycles. The Morgan fingerprint density at radius 1 is 1.23 bits per heavy atom. The second-order valence-corrected chi connectivity index (χ2v) is 7.97. The molecule has 4 nitrogen and oxygen atoms in total. The summed E-state index contributed by atoms with van der Waals surface area (Å²) in [6.45, 7) is 0.495. The van der Waals surface area contributed by atoms with Crippen LogP contribution in [0.25, 0.3) is 0 Å². The summed E-state index contributed by atoms with van der Waals surface area (Å²) in [7, 11) is 0. The molecule has 5 heteroatoms. The Morgan fingerprint density at radius 3 is 2.85 bits per heavy atom. The van der Waals surface area contributed by atoms with Gasteiger partial charge in [0, 0.05) is 24.6 Å². The van der Waals surface area contributed by atoms with E-state index in [0.717, 1.165) is 41.8 Å². The van der Waals surface area contributed by atoms with E-state index in [1.54, 1.807) is 6.08 Å². The minimum absolute atomic E-state index is 0.0000683. The molecule has 0 radical (unpaired) electrons. The van der Waals surface area contributed by atoms with Crippen molar-refractivity contribution in [2.24, 2.45) is 10.9 Å². The summed E-state index contributed by atoms with van der Waals surface area (Å²) in [5.41, 5.74) is 1.75. The first-order valence-corrected chi connectivity index (χ1v) is 10.1. The molecule has 2 amide bonds. The highest BCUT2D eigenvalue weighted by atomic mass is 32.1. The van der Waals surface area contributed by atoms with E-state index in [2.05, 4.69) is 11.1 Å². The predicted molar refractivity (Wildman–Crippen MR) is 105 cm³/mol. The van der Waals surface area contributed by atoms with Crippen LogP contribution in [0.5, 0.6) is 0 Å². The topological polar surface area (TPSA) is 49.7 Å². The van der Waals surface area contributed by atoms with E-state index in [4.69, 9.17) is 0 Å². The molecule has 1 saturated carbocycles. The molecule has 1 aliphatic heterocycles. The van der Waals surface area contributed by atoms with Gasteiger partial charge in [0.2, 0.25) is 0 Å². The first-order chi connectivity index (χ1) is 12.7. The van der Waals surface area contributed by atoms with Crippen molar-refractivity contribution in [3.63, 3.8) is 0 Å². The van der Waals surface area contributed by atoms with Gasteiger partial charge in [-0.25, -0.2) is 4.99 Å². The number of fused-ring (bicyclic) bond motifs is 1. The fourth-order valence-electron chi connectivity index (χ4n) is 4.00. The van der Waals surface area contributed by atoms with E-state index in [1.807, 2.05) is 40.6 Å². The lowest BCUT2D eigenvalue weighted by Crippen LogP contribution is -2.44. The predicted octanol–water partition coefficient (Wildman–Crippen LogP) is 4.17. The van der Waals surface area contributed by atoms with E-state index in [9.17, 15) is 9.59 Å². The molecule has 2 heterocycles. The van der Waals surface area contributed by atoms with Gasteiger partial charge in [-0.2, -0.15) is 0 Å². The number of carbonyl (C=O) groups excluding carboxylic acids is 2. The molecule has 134 valence electrons. The summed E-state index contributed by atoms with van der Waals surface area (Å²) in [5, 5.41) is 1.94. The minimum atomic E-state index is -0.224. The maximum atomic E-state index is 13.2. The van der Waals surface area contributed by atoms with Gasteiger partial charge in [0.05, 0.1) is 10.6 Å². The van der Waals surface area contributed by atoms with Crippen LogP contribution in [0.2, 0.25) is 0 Å². The van der Waals surface area contributed by atoms with Crippen molar-refractivity contribution in [3.05, 3.63) is 58.3 Å². The van der Waals surface area contributed by atoms with Gasteiger partial charge >= 0.3 is 0 Å². The van der Waals surface area contributed by atoms with Crippen LogP contribution in [0.3, 0.4) is 0 Å². The lowest BCUT2D eigenvalue weighted by Gasteiger charge is -2.36. The maximum absolute atomic E-state index is 13.2. The van der Waals surface area contributed by atoms with Gasteiger partial charge in [-0.3, -0.25) is 9.59 Å². The summed E-state index contributed by atoms with van der Waals surface area (Å²) in [5.74, 6) is -0.141. The molecule has 0 saturated heterocycles. The van der Waals surface area contributed by atoms with E-state index in [1.165, 1.54) is 17.8 Å². The Labute approximate surface area is 157 Å². The molecule has 0 aromatic carbocycles. The van der Waals surface area contributed by atoms with Crippen LogP contribution in [-0.2, 0) is 4.79 Å². The fraction of sp³-hybridized carbons (Fsp3) is 0.381. The molecular formula is C21H22N2O2S. The van der Waals surface area contributed by atoms with Crippen molar-refractivity contribution in [2.45, 2.75) is 38.1 Å². The number of aliphatic imine (C=N–C) groups is 1. The molecule has 4 rings (SSSR count). The second kappa shape index (κ2) is 7.54. The summed E-state index contributed by atoms with van der Waals surface area (Å²) < 4.78 is 0. The van der Waals surface area contributed by atoms with Crippen LogP contribution in [0.1, 0.15) is 41.8 Å². The largest absolute Gasteiger partial charge is 0.331 e. The third kappa shape index (κ3) is 3.49. The standard InChI is InChI=1S/C21H22N2O2S/c24-20-13-15(17-9-4-5-10-18(17)22-20)14-23(16-7-2-1-3-8-16)21(25)19-11-6-12-26-19/h4-6,9-13,16-17H,1-3,7-8,14H2. The van der Waals surface area contributed by atoms with Crippen LogP contribution < -0.4 is 0 Å². The molecule has 1 aromatic heterocycles. The molecular weight excluding hydrogens is 344 g/mol. The number of dihydropyridines is 1. The summed E-state index contributed by atoms with van der Waals surface area (Å²) in [6, 6.07) is 4.05. The smallest absolute Gasteiger partial charge is 0.270 e. The molecule has 0 N–H and O–H groups in total. The van der Waals surface area contributed by atoms with E-state index in [-0.39, 0.29) is 23.8 Å². The summed E-state index contributed by atoms with van der Waals surface area (Å²) in [6.07, 6.45) is 15.1. The van der Waals surface area contributed by atoms with Crippen LogP contribution >= 0.6 is 11.3 Å². The molecule has 26 heavy (non-hydrogen) atoms. The van der Waals surface area contributed by atoms with Gasteiger partial charge in [-0.05, 0) is 35.9 Å². The van der Waals surface area contributed by atoms with Crippen molar-refractivity contribution < 1.29 is 9.59 Å². The number of thiophene rings is 1. The van der Waals surface area contributed by atoms with Gasteiger partial charge in [0.15, 0.2) is 0 Å². The van der Waals surface area contributed by atoms with E-state index >= 15 is 0 Å². The first-order valence-electron chi connectivity index (χ1n) is 9.25. The summed E-state index contributed by atoms with van der Waals surface area (Å²) >= 11 is 1.48. The Bertz CT molecular complexity index is 811. The van der Waals surface area contributed by atoms with Crippen LogP contribution in [0, 0.1) is 5.92 Å². The molecule has 1 aromatic rings. The average molecular weight is 366 g/mol. The molecule has 1 fully saturated rings. The van der Waals surface area contributed by atoms with Crippen LogP contribution in [0.4, 0.5) is 0 Å². The summed E-state index contributed by atoms with van der Waals surface area (Å²) in [4.78, 5) is 32.1. The molecule has 0 bridgehead atoms. The number of hydrogen-bond acceptors (Lipinski definition) is 3. The highest BCUT2D eigenvalue weighted by Crippen LogP contribution is 2.29. The van der Waals surface area contributed by atoms with Gasteiger partial charge in [-0.1, -0.05) is 43.6 Å². The average Bonchev–Trinajstić information content (AvgIpc) is 3.21. The third-order valence-corrected chi connectivity index (χ3v) is 6.17. The van der Waals surface area contributed by atoms with Crippen molar-refractivity contribution in [1.29, 1.82) is 0 Å². The first kappa shape index (κ1) is 17.2. The minimum Gasteiger partial charge on any atom is -0.331 e. The Morgan fingerprint density at radius 2 is 2.08 bits per heavy atom. The Hall–Kier alpha value is -2.27.